The third-order valence-electron chi connectivity index (χ3n) is 3.75. The third-order valence-corrected chi connectivity index (χ3v) is 3.75. The highest BCUT2D eigenvalue weighted by Gasteiger charge is 2.33. The van der Waals surface area contributed by atoms with Gasteiger partial charge in [-0.15, -0.1) is 0 Å². The Morgan fingerprint density at radius 3 is 3.13 bits per heavy atom. The molecule has 3 rings (SSSR count). The highest BCUT2D eigenvalue weighted by molar-refractivity contribution is 5.60. The maximum absolute atomic E-state index is 3.63. The Morgan fingerprint density at radius 2 is 2.27 bits per heavy atom. The van der Waals surface area contributed by atoms with Crippen molar-refractivity contribution in [1.82, 2.24) is 5.32 Å². The van der Waals surface area contributed by atoms with Crippen LogP contribution in [0.4, 0.5) is 5.69 Å². The van der Waals surface area contributed by atoms with Gasteiger partial charge in [0.1, 0.15) is 0 Å². The second-order valence-corrected chi connectivity index (χ2v) is 4.65. The predicted molar refractivity (Wildman–Crippen MR) is 63.4 cm³/mol. The number of hydrogen-bond acceptors (Lipinski definition) is 2. The maximum atomic E-state index is 3.63. The molecule has 1 aromatic carbocycles. The summed E-state index contributed by atoms with van der Waals surface area (Å²) in [5.41, 5.74) is 3.00. The Morgan fingerprint density at radius 1 is 1.40 bits per heavy atom. The lowest BCUT2D eigenvalue weighted by atomic mass is 10.1. The van der Waals surface area contributed by atoms with E-state index in [0.717, 1.165) is 6.54 Å². The summed E-state index contributed by atoms with van der Waals surface area (Å²) in [6.07, 6.45) is 2.45. The number of piperazine rings is 1. The molecular weight excluding hydrogens is 184 g/mol. The monoisotopic (exact) mass is 202 g/mol. The van der Waals surface area contributed by atoms with Crippen molar-refractivity contribution in [2.75, 3.05) is 18.0 Å². The van der Waals surface area contributed by atoms with E-state index in [-0.39, 0.29) is 0 Å². The van der Waals surface area contributed by atoms with Crippen LogP contribution in [0.5, 0.6) is 0 Å². The minimum atomic E-state index is 0.674. The number of hydrogen-bond donors (Lipinski definition) is 1. The lowest BCUT2D eigenvalue weighted by molar-refractivity contribution is 0.395. The molecule has 2 heterocycles. The third kappa shape index (κ3) is 1.44. The van der Waals surface area contributed by atoms with E-state index in [2.05, 4.69) is 41.4 Å². The Labute approximate surface area is 91.3 Å². The van der Waals surface area contributed by atoms with Crippen LogP contribution >= 0.6 is 0 Å². The van der Waals surface area contributed by atoms with Gasteiger partial charge >= 0.3 is 0 Å². The Bertz CT molecular complexity index is 361. The van der Waals surface area contributed by atoms with Gasteiger partial charge in [-0.05, 0) is 24.5 Å². The van der Waals surface area contributed by atoms with Crippen LogP contribution in [0.25, 0.3) is 0 Å². The molecule has 0 aromatic heterocycles. The molecule has 2 unspecified atom stereocenters. The van der Waals surface area contributed by atoms with Crippen molar-refractivity contribution >= 4 is 5.69 Å². The summed E-state index contributed by atoms with van der Waals surface area (Å²) in [4.78, 5) is 2.60. The number of rotatable bonds is 1. The van der Waals surface area contributed by atoms with Crippen molar-refractivity contribution in [3.8, 4) is 0 Å². The van der Waals surface area contributed by atoms with Gasteiger partial charge < -0.3 is 10.2 Å². The summed E-state index contributed by atoms with van der Waals surface area (Å²) in [5.74, 6) is 0. The Balaban J connectivity index is 1.89. The quantitative estimate of drug-likeness (QED) is 0.747. The van der Waals surface area contributed by atoms with Gasteiger partial charge in [-0.3, -0.25) is 0 Å². The zero-order valence-electron chi connectivity index (χ0n) is 9.24. The average molecular weight is 202 g/mol. The van der Waals surface area contributed by atoms with E-state index in [9.17, 15) is 0 Å². The van der Waals surface area contributed by atoms with Gasteiger partial charge in [-0.1, -0.05) is 25.1 Å². The zero-order valence-corrected chi connectivity index (χ0v) is 9.24. The average Bonchev–Trinajstić information content (AvgIpc) is 2.66. The van der Waals surface area contributed by atoms with Gasteiger partial charge in [0.2, 0.25) is 0 Å². The van der Waals surface area contributed by atoms with Gasteiger partial charge in [-0.25, -0.2) is 0 Å². The number of nitrogens with zero attached hydrogens (tertiary/aromatic N) is 1. The van der Waals surface area contributed by atoms with E-state index < -0.39 is 0 Å². The summed E-state index contributed by atoms with van der Waals surface area (Å²) >= 11 is 0. The van der Waals surface area contributed by atoms with Crippen molar-refractivity contribution in [1.29, 1.82) is 0 Å². The Hall–Kier alpha value is -1.02. The topological polar surface area (TPSA) is 15.3 Å². The summed E-state index contributed by atoms with van der Waals surface area (Å²) < 4.78 is 0. The van der Waals surface area contributed by atoms with E-state index in [1.165, 1.54) is 30.6 Å². The van der Waals surface area contributed by atoms with Crippen LogP contribution in [-0.4, -0.2) is 25.2 Å². The maximum Gasteiger partial charge on any atom is 0.0456 e. The first kappa shape index (κ1) is 9.22. The molecule has 0 radical (unpaired) electrons. The molecule has 15 heavy (non-hydrogen) atoms. The highest BCUT2D eigenvalue weighted by Crippen LogP contribution is 2.33. The molecule has 1 aromatic rings. The van der Waals surface area contributed by atoms with Crippen molar-refractivity contribution < 1.29 is 0 Å². The molecule has 2 nitrogen and oxygen atoms in total. The van der Waals surface area contributed by atoms with E-state index in [1.54, 1.807) is 0 Å². The van der Waals surface area contributed by atoms with Crippen molar-refractivity contribution in [3.63, 3.8) is 0 Å². The van der Waals surface area contributed by atoms with Gasteiger partial charge in [0, 0.05) is 30.9 Å². The first-order valence-electron chi connectivity index (χ1n) is 5.96. The Kier molecular flexibility index (Phi) is 2.17. The van der Waals surface area contributed by atoms with Gasteiger partial charge in [0.05, 0.1) is 0 Å². The number of anilines is 1. The largest absolute Gasteiger partial charge is 0.365 e. The lowest BCUT2D eigenvalue weighted by Gasteiger charge is -2.37. The van der Waals surface area contributed by atoms with Gasteiger partial charge in [0.25, 0.3) is 0 Å². The van der Waals surface area contributed by atoms with Crippen LogP contribution < -0.4 is 10.2 Å². The van der Waals surface area contributed by atoms with Gasteiger partial charge in [-0.2, -0.15) is 0 Å². The van der Waals surface area contributed by atoms with E-state index in [1.807, 2.05) is 0 Å². The molecule has 1 N–H and O–H groups in total. The van der Waals surface area contributed by atoms with Crippen molar-refractivity contribution in [2.24, 2.45) is 0 Å². The summed E-state index contributed by atoms with van der Waals surface area (Å²) in [7, 11) is 0. The molecule has 1 saturated heterocycles. The molecule has 2 heteroatoms. The van der Waals surface area contributed by atoms with Crippen LogP contribution in [0.3, 0.4) is 0 Å². The molecular formula is C13H18N2. The second-order valence-electron chi connectivity index (χ2n) is 4.65. The molecule has 2 aliphatic heterocycles. The van der Waals surface area contributed by atoms with Crippen LogP contribution in [0, 0.1) is 0 Å². The van der Waals surface area contributed by atoms with Crippen molar-refractivity contribution in [2.45, 2.75) is 31.8 Å². The minimum absolute atomic E-state index is 0.674. The van der Waals surface area contributed by atoms with E-state index in [0.29, 0.717) is 12.1 Å². The van der Waals surface area contributed by atoms with Crippen molar-refractivity contribution in [3.05, 3.63) is 29.8 Å². The van der Waals surface area contributed by atoms with Crippen LogP contribution in [0.1, 0.15) is 18.9 Å². The first-order chi connectivity index (χ1) is 7.38. The smallest absolute Gasteiger partial charge is 0.0456 e. The standard InChI is InChI=1S/C13H18N2/c1-2-11-9-15-12(8-14-11)7-10-5-3-4-6-13(10)15/h3-6,11-12,14H,2,7-9H2,1H3. The van der Waals surface area contributed by atoms with Crippen LogP contribution in [0.2, 0.25) is 0 Å². The zero-order chi connectivity index (χ0) is 10.3. The number of nitrogens with one attached hydrogen (secondary N) is 1. The molecule has 0 bridgehead atoms. The summed E-state index contributed by atoms with van der Waals surface area (Å²) in [6.45, 7) is 4.59. The van der Waals surface area contributed by atoms with Crippen LogP contribution in [-0.2, 0) is 6.42 Å². The molecule has 2 aliphatic rings. The molecule has 80 valence electrons. The summed E-state index contributed by atoms with van der Waals surface area (Å²) in [6, 6.07) is 10.2. The summed E-state index contributed by atoms with van der Waals surface area (Å²) in [5, 5.41) is 3.63. The molecule has 0 spiro atoms. The number of fused-ring (bicyclic) bond motifs is 3. The van der Waals surface area contributed by atoms with Crippen LogP contribution in [0.15, 0.2) is 24.3 Å². The number of benzene rings is 1. The number of para-hydroxylation sites is 1. The predicted octanol–water partition coefficient (Wildman–Crippen LogP) is 1.80. The molecule has 2 atom stereocenters. The normalized spacial score (nSPS) is 28.7. The lowest BCUT2D eigenvalue weighted by Crippen LogP contribution is -2.55. The molecule has 0 amide bonds. The highest BCUT2D eigenvalue weighted by atomic mass is 15.3. The molecule has 0 aliphatic carbocycles. The minimum Gasteiger partial charge on any atom is -0.365 e. The fraction of sp³-hybridized carbons (Fsp3) is 0.538. The fourth-order valence-corrected chi connectivity index (χ4v) is 2.83. The molecule has 1 fully saturated rings. The van der Waals surface area contributed by atoms with E-state index in [4.69, 9.17) is 0 Å². The van der Waals surface area contributed by atoms with Gasteiger partial charge in [0.15, 0.2) is 0 Å². The molecule has 0 saturated carbocycles. The van der Waals surface area contributed by atoms with E-state index >= 15 is 0 Å². The first-order valence-corrected chi connectivity index (χ1v) is 5.96. The second kappa shape index (κ2) is 3.53. The SMILES string of the molecule is CCC1CN2c3ccccc3CC2CN1. The fourth-order valence-electron chi connectivity index (χ4n) is 2.83.